The van der Waals surface area contributed by atoms with Crippen LogP contribution in [0.2, 0.25) is 0 Å². The van der Waals surface area contributed by atoms with Crippen LogP contribution in [0.15, 0.2) is 46.9 Å². The van der Waals surface area contributed by atoms with Crippen molar-refractivity contribution in [1.82, 2.24) is 5.32 Å². The SMILES string of the molecule is CCNC(Cc1ccc(Br)cc1)c1ccc(C)c(OC)c1. The van der Waals surface area contributed by atoms with Crippen LogP contribution in [0.4, 0.5) is 0 Å². The van der Waals surface area contributed by atoms with Crippen molar-refractivity contribution in [1.29, 1.82) is 0 Å². The summed E-state index contributed by atoms with van der Waals surface area (Å²) in [6.07, 6.45) is 0.966. The Balaban J connectivity index is 2.23. The van der Waals surface area contributed by atoms with Gasteiger partial charge in [0.15, 0.2) is 0 Å². The average molecular weight is 348 g/mol. The number of methoxy groups -OCH3 is 1. The number of nitrogens with one attached hydrogen (secondary N) is 1. The van der Waals surface area contributed by atoms with Crippen LogP contribution in [-0.2, 0) is 6.42 Å². The van der Waals surface area contributed by atoms with E-state index in [1.54, 1.807) is 7.11 Å². The molecule has 1 N–H and O–H groups in total. The Labute approximate surface area is 135 Å². The van der Waals surface area contributed by atoms with Crippen LogP contribution in [0.1, 0.15) is 29.7 Å². The summed E-state index contributed by atoms with van der Waals surface area (Å²) in [5, 5.41) is 3.57. The molecule has 2 aromatic rings. The number of hydrogen-bond acceptors (Lipinski definition) is 2. The van der Waals surface area contributed by atoms with Gasteiger partial charge in [0, 0.05) is 10.5 Å². The summed E-state index contributed by atoms with van der Waals surface area (Å²) in [6, 6.07) is 15.3. The van der Waals surface area contributed by atoms with Gasteiger partial charge in [-0.2, -0.15) is 0 Å². The third-order valence-corrected chi connectivity index (χ3v) is 4.17. The van der Waals surface area contributed by atoms with Crippen LogP contribution in [-0.4, -0.2) is 13.7 Å². The number of likely N-dealkylation sites (N-methyl/N-ethyl adjacent to an activating group) is 1. The lowest BCUT2D eigenvalue weighted by molar-refractivity contribution is 0.410. The molecule has 3 heteroatoms. The van der Waals surface area contributed by atoms with Crippen molar-refractivity contribution in [2.45, 2.75) is 26.3 Å². The second-order valence-corrected chi connectivity index (χ2v) is 6.09. The molecule has 21 heavy (non-hydrogen) atoms. The fourth-order valence-corrected chi connectivity index (χ4v) is 2.73. The van der Waals surface area contributed by atoms with Gasteiger partial charge < -0.3 is 10.1 Å². The first-order valence-electron chi connectivity index (χ1n) is 7.26. The van der Waals surface area contributed by atoms with Gasteiger partial charge in [-0.25, -0.2) is 0 Å². The molecule has 1 atom stereocenters. The van der Waals surface area contributed by atoms with Crippen LogP contribution in [0.25, 0.3) is 0 Å². The third-order valence-electron chi connectivity index (χ3n) is 3.64. The lowest BCUT2D eigenvalue weighted by atomic mass is 9.97. The van der Waals surface area contributed by atoms with Crippen LogP contribution >= 0.6 is 15.9 Å². The zero-order valence-electron chi connectivity index (χ0n) is 12.8. The molecule has 2 aromatic carbocycles. The molecule has 0 bridgehead atoms. The Morgan fingerprint density at radius 2 is 1.86 bits per heavy atom. The van der Waals surface area contributed by atoms with E-state index in [0.717, 1.165) is 23.2 Å². The van der Waals surface area contributed by atoms with Gasteiger partial charge in [-0.1, -0.05) is 47.1 Å². The molecule has 0 aliphatic heterocycles. The van der Waals surface area contributed by atoms with E-state index in [2.05, 4.69) is 77.6 Å². The zero-order chi connectivity index (χ0) is 15.2. The van der Waals surface area contributed by atoms with Gasteiger partial charge in [0.2, 0.25) is 0 Å². The van der Waals surface area contributed by atoms with Crippen LogP contribution in [0.5, 0.6) is 5.75 Å². The van der Waals surface area contributed by atoms with E-state index >= 15 is 0 Å². The van der Waals surface area contributed by atoms with E-state index in [0.29, 0.717) is 6.04 Å². The summed E-state index contributed by atoms with van der Waals surface area (Å²) in [5.74, 6) is 0.950. The minimum atomic E-state index is 0.297. The standard InChI is InChI=1S/C18H22BrNO/c1-4-20-17(11-14-6-9-16(19)10-7-14)15-8-5-13(2)18(12-15)21-3/h5-10,12,17,20H,4,11H2,1-3H3. The molecule has 112 valence electrons. The summed E-state index contributed by atoms with van der Waals surface area (Å²) in [6.45, 7) is 5.15. The topological polar surface area (TPSA) is 21.3 Å². The highest BCUT2D eigenvalue weighted by Crippen LogP contribution is 2.26. The van der Waals surface area contributed by atoms with Crippen molar-refractivity contribution < 1.29 is 4.74 Å². The van der Waals surface area contributed by atoms with E-state index < -0.39 is 0 Å². The monoisotopic (exact) mass is 347 g/mol. The molecular formula is C18H22BrNO. The number of ether oxygens (including phenoxy) is 1. The van der Waals surface area contributed by atoms with E-state index in [1.807, 2.05) is 0 Å². The third kappa shape index (κ3) is 4.32. The van der Waals surface area contributed by atoms with Crippen molar-refractivity contribution in [2.24, 2.45) is 0 Å². The molecule has 0 aliphatic carbocycles. The summed E-state index contributed by atoms with van der Waals surface area (Å²) in [5.41, 5.74) is 3.76. The van der Waals surface area contributed by atoms with Gasteiger partial charge in [0.25, 0.3) is 0 Å². The van der Waals surface area contributed by atoms with Gasteiger partial charge in [-0.3, -0.25) is 0 Å². The number of rotatable bonds is 6. The normalized spacial score (nSPS) is 12.2. The molecule has 0 saturated carbocycles. The summed E-state index contributed by atoms with van der Waals surface area (Å²) >= 11 is 3.48. The van der Waals surface area contributed by atoms with Gasteiger partial charge in [-0.05, 0) is 54.8 Å². The van der Waals surface area contributed by atoms with Crippen LogP contribution < -0.4 is 10.1 Å². The first-order chi connectivity index (χ1) is 10.1. The molecule has 1 unspecified atom stereocenters. The highest BCUT2D eigenvalue weighted by Gasteiger charge is 2.13. The molecule has 0 fully saturated rings. The second kappa shape index (κ2) is 7.62. The van der Waals surface area contributed by atoms with Gasteiger partial charge in [-0.15, -0.1) is 0 Å². The lowest BCUT2D eigenvalue weighted by Crippen LogP contribution is -2.23. The van der Waals surface area contributed by atoms with E-state index in [4.69, 9.17) is 4.74 Å². The molecule has 2 rings (SSSR count). The van der Waals surface area contributed by atoms with Gasteiger partial charge in [0.05, 0.1) is 7.11 Å². The zero-order valence-corrected chi connectivity index (χ0v) is 14.4. The van der Waals surface area contributed by atoms with Crippen molar-refractivity contribution in [3.05, 3.63) is 63.6 Å². The molecule has 0 saturated heterocycles. The summed E-state index contributed by atoms with van der Waals surface area (Å²) in [7, 11) is 1.73. The lowest BCUT2D eigenvalue weighted by Gasteiger charge is -2.20. The number of hydrogen-bond donors (Lipinski definition) is 1. The minimum Gasteiger partial charge on any atom is -0.496 e. The molecule has 2 nitrogen and oxygen atoms in total. The number of benzene rings is 2. The van der Waals surface area contributed by atoms with E-state index in [-0.39, 0.29) is 0 Å². The second-order valence-electron chi connectivity index (χ2n) is 5.17. The molecule has 0 aromatic heterocycles. The Morgan fingerprint density at radius 1 is 1.14 bits per heavy atom. The Morgan fingerprint density at radius 3 is 2.48 bits per heavy atom. The van der Waals surface area contributed by atoms with Gasteiger partial charge >= 0.3 is 0 Å². The highest BCUT2D eigenvalue weighted by atomic mass is 79.9. The minimum absolute atomic E-state index is 0.297. The molecule has 0 heterocycles. The maximum absolute atomic E-state index is 5.45. The fourth-order valence-electron chi connectivity index (χ4n) is 2.46. The summed E-state index contributed by atoms with van der Waals surface area (Å²) < 4.78 is 6.56. The van der Waals surface area contributed by atoms with Crippen molar-refractivity contribution in [3.63, 3.8) is 0 Å². The fraction of sp³-hybridized carbons (Fsp3) is 0.333. The molecular weight excluding hydrogens is 326 g/mol. The predicted octanol–water partition coefficient (Wildman–Crippen LogP) is 4.66. The van der Waals surface area contributed by atoms with Crippen molar-refractivity contribution >= 4 is 15.9 Å². The average Bonchev–Trinajstić information content (AvgIpc) is 2.49. The van der Waals surface area contributed by atoms with Crippen molar-refractivity contribution in [2.75, 3.05) is 13.7 Å². The van der Waals surface area contributed by atoms with Gasteiger partial charge in [0.1, 0.15) is 5.75 Å². The maximum atomic E-state index is 5.45. The van der Waals surface area contributed by atoms with Crippen LogP contribution in [0, 0.1) is 6.92 Å². The molecule has 0 aliphatic rings. The Bertz CT molecular complexity index is 580. The Kier molecular flexibility index (Phi) is 5.83. The molecule has 0 amide bonds. The van der Waals surface area contributed by atoms with Crippen molar-refractivity contribution in [3.8, 4) is 5.75 Å². The molecule has 0 spiro atoms. The first-order valence-corrected chi connectivity index (χ1v) is 8.05. The quantitative estimate of drug-likeness (QED) is 0.820. The highest BCUT2D eigenvalue weighted by molar-refractivity contribution is 9.10. The smallest absolute Gasteiger partial charge is 0.122 e. The molecule has 0 radical (unpaired) electrons. The van der Waals surface area contributed by atoms with E-state index in [1.165, 1.54) is 16.7 Å². The first kappa shape index (κ1) is 16.1. The maximum Gasteiger partial charge on any atom is 0.122 e. The van der Waals surface area contributed by atoms with E-state index in [9.17, 15) is 0 Å². The predicted molar refractivity (Wildman–Crippen MR) is 92.0 cm³/mol. The summed E-state index contributed by atoms with van der Waals surface area (Å²) in [4.78, 5) is 0. The number of aryl methyl sites for hydroxylation is 1. The van der Waals surface area contributed by atoms with Crippen LogP contribution in [0.3, 0.4) is 0 Å². The number of halogens is 1. The largest absolute Gasteiger partial charge is 0.496 e. The Hall–Kier alpha value is -1.32.